The number of nitrogens with two attached hydrogens (primary N) is 1. The Morgan fingerprint density at radius 2 is 1.85 bits per heavy atom. The Morgan fingerprint density at radius 1 is 1.20 bits per heavy atom. The van der Waals surface area contributed by atoms with Crippen LogP contribution in [-0.2, 0) is 0 Å². The van der Waals surface area contributed by atoms with Gasteiger partial charge < -0.3 is 10.6 Å². The standard InChI is InChI=1S/C17H37N3/c1-5-6-7-8-11-17(2,15-18)20(4)14-16-9-12-19(3)13-10-16/h16H,5-15,18H2,1-4H3. The average Bonchev–Trinajstić information content (AvgIpc) is 2.45. The fourth-order valence-corrected chi connectivity index (χ4v) is 3.23. The highest BCUT2D eigenvalue weighted by atomic mass is 15.2. The summed E-state index contributed by atoms with van der Waals surface area (Å²) in [5.41, 5.74) is 6.29. The van der Waals surface area contributed by atoms with Gasteiger partial charge in [0.15, 0.2) is 0 Å². The molecule has 3 heteroatoms. The summed E-state index contributed by atoms with van der Waals surface area (Å²) in [5.74, 6) is 0.859. The van der Waals surface area contributed by atoms with Crippen molar-refractivity contribution < 1.29 is 0 Å². The van der Waals surface area contributed by atoms with Crippen molar-refractivity contribution in [3.63, 3.8) is 0 Å². The number of nitrogens with zero attached hydrogens (tertiary/aromatic N) is 2. The molecule has 0 aromatic carbocycles. The van der Waals surface area contributed by atoms with Crippen LogP contribution >= 0.6 is 0 Å². The Labute approximate surface area is 126 Å². The first-order valence-electron chi connectivity index (χ1n) is 8.61. The topological polar surface area (TPSA) is 32.5 Å². The van der Waals surface area contributed by atoms with Gasteiger partial charge in [0.05, 0.1) is 0 Å². The fourth-order valence-electron chi connectivity index (χ4n) is 3.23. The van der Waals surface area contributed by atoms with Crippen molar-refractivity contribution in [1.29, 1.82) is 0 Å². The Kier molecular flexibility index (Phi) is 8.08. The molecule has 0 aromatic rings. The van der Waals surface area contributed by atoms with Crippen LogP contribution in [-0.4, -0.2) is 55.6 Å². The maximum Gasteiger partial charge on any atom is 0.0300 e. The predicted molar refractivity (Wildman–Crippen MR) is 89.1 cm³/mol. The van der Waals surface area contributed by atoms with E-state index in [1.54, 1.807) is 0 Å². The van der Waals surface area contributed by atoms with Crippen molar-refractivity contribution in [2.75, 3.05) is 40.3 Å². The Balaban J connectivity index is 2.38. The molecule has 1 aliphatic rings. The fraction of sp³-hybridized carbons (Fsp3) is 1.00. The van der Waals surface area contributed by atoms with Gasteiger partial charge in [-0.25, -0.2) is 0 Å². The van der Waals surface area contributed by atoms with Crippen molar-refractivity contribution >= 4 is 0 Å². The second kappa shape index (κ2) is 9.01. The first kappa shape index (κ1) is 17.9. The summed E-state index contributed by atoms with van der Waals surface area (Å²) in [6.07, 6.45) is 9.28. The zero-order chi connectivity index (χ0) is 15.0. The Hall–Kier alpha value is -0.120. The Bertz CT molecular complexity index is 249. The van der Waals surface area contributed by atoms with Gasteiger partial charge in [0.25, 0.3) is 0 Å². The molecule has 0 spiro atoms. The molecule has 1 rings (SSSR count). The van der Waals surface area contributed by atoms with E-state index >= 15 is 0 Å². The van der Waals surface area contributed by atoms with E-state index < -0.39 is 0 Å². The molecule has 0 aliphatic carbocycles. The number of hydrogen-bond acceptors (Lipinski definition) is 3. The lowest BCUT2D eigenvalue weighted by molar-refractivity contribution is 0.0891. The van der Waals surface area contributed by atoms with Crippen LogP contribution in [0.5, 0.6) is 0 Å². The van der Waals surface area contributed by atoms with E-state index in [0.717, 1.165) is 12.5 Å². The lowest BCUT2D eigenvalue weighted by atomic mass is 9.89. The molecule has 0 amide bonds. The highest BCUT2D eigenvalue weighted by Gasteiger charge is 2.29. The summed E-state index contributed by atoms with van der Waals surface area (Å²) in [5, 5.41) is 0. The minimum Gasteiger partial charge on any atom is -0.329 e. The van der Waals surface area contributed by atoms with E-state index in [-0.39, 0.29) is 5.54 Å². The first-order valence-corrected chi connectivity index (χ1v) is 8.61. The van der Waals surface area contributed by atoms with E-state index in [1.807, 2.05) is 0 Å². The molecule has 3 nitrogen and oxygen atoms in total. The third-order valence-electron chi connectivity index (χ3n) is 5.30. The third kappa shape index (κ3) is 5.71. The lowest BCUT2D eigenvalue weighted by Crippen LogP contribution is -2.52. The summed E-state index contributed by atoms with van der Waals surface area (Å²) >= 11 is 0. The number of hydrogen-bond donors (Lipinski definition) is 1. The van der Waals surface area contributed by atoms with E-state index in [4.69, 9.17) is 5.73 Å². The van der Waals surface area contributed by atoms with Crippen LogP contribution in [0.4, 0.5) is 0 Å². The van der Waals surface area contributed by atoms with Crippen LogP contribution in [0, 0.1) is 5.92 Å². The molecule has 0 bridgehead atoms. The van der Waals surface area contributed by atoms with Crippen LogP contribution in [0.25, 0.3) is 0 Å². The predicted octanol–water partition coefficient (Wildman–Crippen LogP) is 2.95. The molecule has 0 saturated carbocycles. The van der Waals surface area contributed by atoms with Crippen molar-refractivity contribution in [3.05, 3.63) is 0 Å². The second-order valence-corrected chi connectivity index (χ2v) is 7.14. The molecule has 120 valence electrons. The van der Waals surface area contributed by atoms with Crippen LogP contribution in [0.1, 0.15) is 58.8 Å². The maximum atomic E-state index is 6.10. The van der Waals surface area contributed by atoms with Gasteiger partial charge in [0, 0.05) is 18.6 Å². The number of piperidine rings is 1. The summed E-state index contributed by atoms with van der Waals surface area (Å²) in [6.45, 7) is 9.14. The molecular weight excluding hydrogens is 246 g/mol. The number of likely N-dealkylation sites (tertiary alicyclic amines) is 1. The van der Waals surface area contributed by atoms with Crippen LogP contribution in [0.3, 0.4) is 0 Å². The summed E-state index contributed by atoms with van der Waals surface area (Å²) in [7, 11) is 4.52. The lowest BCUT2D eigenvalue weighted by Gasteiger charge is -2.41. The van der Waals surface area contributed by atoms with Gasteiger partial charge >= 0.3 is 0 Å². The number of likely N-dealkylation sites (N-methyl/N-ethyl adjacent to an activating group) is 1. The minimum atomic E-state index is 0.192. The van der Waals surface area contributed by atoms with Crippen molar-refractivity contribution in [3.8, 4) is 0 Å². The van der Waals surface area contributed by atoms with E-state index in [1.165, 1.54) is 64.6 Å². The van der Waals surface area contributed by atoms with Crippen LogP contribution < -0.4 is 5.73 Å². The molecule has 1 heterocycles. The molecule has 1 saturated heterocycles. The Morgan fingerprint density at radius 3 is 2.40 bits per heavy atom. The SMILES string of the molecule is CCCCCCC(C)(CN)N(C)CC1CCN(C)CC1. The first-order chi connectivity index (χ1) is 9.51. The molecular formula is C17H37N3. The monoisotopic (exact) mass is 283 g/mol. The summed E-state index contributed by atoms with van der Waals surface area (Å²) in [6, 6.07) is 0. The van der Waals surface area contributed by atoms with Crippen molar-refractivity contribution in [2.45, 2.75) is 64.3 Å². The molecule has 0 aromatic heterocycles. The molecule has 1 fully saturated rings. The summed E-state index contributed by atoms with van der Waals surface area (Å²) in [4.78, 5) is 5.00. The van der Waals surface area contributed by atoms with Gasteiger partial charge in [-0.1, -0.05) is 32.6 Å². The average molecular weight is 284 g/mol. The molecule has 1 atom stereocenters. The van der Waals surface area contributed by atoms with E-state index in [2.05, 4.69) is 37.7 Å². The zero-order valence-electron chi connectivity index (χ0n) is 14.3. The quantitative estimate of drug-likeness (QED) is 0.660. The third-order valence-corrected chi connectivity index (χ3v) is 5.30. The van der Waals surface area contributed by atoms with Gasteiger partial charge in [0.2, 0.25) is 0 Å². The highest BCUT2D eigenvalue weighted by Crippen LogP contribution is 2.24. The van der Waals surface area contributed by atoms with Crippen molar-refractivity contribution in [2.24, 2.45) is 11.7 Å². The highest BCUT2D eigenvalue weighted by molar-refractivity contribution is 4.87. The summed E-state index contributed by atoms with van der Waals surface area (Å²) < 4.78 is 0. The van der Waals surface area contributed by atoms with Gasteiger partial charge in [-0.05, 0) is 59.3 Å². The molecule has 1 unspecified atom stereocenters. The largest absolute Gasteiger partial charge is 0.329 e. The van der Waals surface area contributed by atoms with Gasteiger partial charge in [-0.3, -0.25) is 4.90 Å². The second-order valence-electron chi connectivity index (χ2n) is 7.14. The molecule has 2 N–H and O–H groups in total. The van der Waals surface area contributed by atoms with Crippen LogP contribution in [0.15, 0.2) is 0 Å². The van der Waals surface area contributed by atoms with E-state index in [0.29, 0.717) is 0 Å². The zero-order valence-corrected chi connectivity index (χ0v) is 14.3. The van der Waals surface area contributed by atoms with Crippen molar-refractivity contribution in [1.82, 2.24) is 9.80 Å². The molecule has 1 aliphatic heterocycles. The molecule has 20 heavy (non-hydrogen) atoms. The number of unbranched alkanes of at least 4 members (excludes halogenated alkanes) is 3. The van der Waals surface area contributed by atoms with Crippen LogP contribution in [0.2, 0.25) is 0 Å². The van der Waals surface area contributed by atoms with Gasteiger partial charge in [0.1, 0.15) is 0 Å². The van der Waals surface area contributed by atoms with Gasteiger partial charge in [-0.15, -0.1) is 0 Å². The number of rotatable bonds is 9. The van der Waals surface area contributed by atoms with Gasteiger partial charge in [-0.2, -0.15) is 0 Å². The molecule has 0 radical (unpaired) electrons. The minimum absolute atomic E-state index is 0.192. The smallest absolute Gasteiger partial charge is 0.0300 e. The maximum absolute atomic E-state index is 6.10. The van der Waals surface area contributed by atoms with E-state index in [9.17, 15) is 0 Å². The normalized spacial score (nSPS) is 21.3.